The molecule has 1 aliphatic rings. The van der Waals surface area contributed by atoms with E-state index in [1.54, 1.807) is 0 Å². The number of hydrogen-bond donors (Lipinski definition) is 2. The van der Waals surface area contributed by atoms with Crippen molar-refractivity contribution in [3.05, 3.63) is 27.8 Å². The highest BCUT2D eigenvalue weighted by Crippen LogP contribution is 2.25. The zero-order valence-electron chi connectivity index (χ0n) is 8.95. The number of nitrogens with one attached hydrogen (secondary N) is 1. The lowest BCUT2D eigenvalue weighted by Crippen LogP contribution is -2.34. The molecular weight excluding hydrogens is 315 g/mol. The summed E-state index contributed by atoms with van der Waals surface area (Å²) in [5, 5.41) is 2.92. The van der Waals surface area contributed by atoms with E-state index in [1.165, 1.54) is 0 Å². The standard InChI is InChI=1S/C12H15IN2O/c13-8-4-6-9(7-5-8)15-12(16)10-2-1-3-11(10)14/h4-7,10-11H,1-3,14H2,(H,15,16). The van der Waals surface area contributed by atoms with Crippen LogP contribution in [0.1, 0.15) is 19.3 Å². The number of halogens is 1. The van der Waals surface area contributed by atoms with Crippen LogP contribution in [0.3, 0.4) is 0 Å². The molecule has 16 heavy (non-hydrogen) atoms. The van der Waals surface area contributed by atoms with Crippen molar-refractivity contribution in [3.63, 3.8) is 0 Å². The number of rotatable bonds is 2. The summed E-state index contributed by atoms with van der Waals surface area (Å²) in [6, 6.07) is 7.82. The highest BCUT2D eigenvalue weighted by atomic mass is 127. The van der Waals surface area contributed by atoms with Crippen LogP contribution in [0.4, 0.5) is 5.69 Å². The van der Waals surface area contributed by atoms with Gasteiger partial charge >= 0.3 is 0 Å². The van der Waals surface area contributed by atoms with E-state index in [-0.39, 0.29) is 17.9 Å². The van der Waals surface area contributed by atoms with E-state index in [4.69, 9.17) is 5.73 Å². The summed E-state index contributed by atoms with van der Waals surface area (Å²) in [4.78, 5) is 11.9. The van der Waals surface area contributed by atoms with Gasteiger partial charge in [0.1, 0.15) is 0 Å². The molecule has 4 heteroatoms. The van der Waals surface area contributed by atoms with Crippen molar-refractivity contribution in [1.82, 2.24) is 0 Å². The molecule has 1 aromatic rings. The van der Waals surface area contributed by atoms with Crippen molar-refractivity contribution >= 4 is 34.2 Å². The largest absolute Gasteiger partial charge is 0.327 e. The van der Waals surface area contributed by atoms with Crippen molar-refractivity contribution in [3.8, 4) is 0 Å². The minimum absolute atomic E-state index is 0.0146. The molecule has 86 valence electrons. The Morgan fingerprint density at radius 1 is 1.31 bits per heavy atom. The maximum Gasteiger partial charge on any atom is 0.229 e. The molecule has 0 bridgehead atoms. The molecule has 0 saturated heterocycles. The average Bonchev–Trinajstić information content (AvgIpc) is 2.68. The zero-order chi connectivity index (χ0) is 11.5. The topological polar surface area (TPSA) is 55.1 Å². The lowest BCUT2D eigenvalue weighted by atomic mass is 10.0. The van der Waals surface area contributed by atoms with E-state index >= 15 is 0 Å². The minimum atomic E-state index is -0.0146. The Morgan fingerprint density at radius 2 is 2.00 bits per heavy atom. The molecule has 2 rings (SSSR count). The van der Waals surface area contributed by atoms with Crippen LogP contribution in [-0.4, -0.2) is 11.9 Å². The van der Waals surface area contributed by atoms with E-state index in [1.807, 2.05) is 24.3 Å². The molecule has 0 heterocycles. The Morgan fingerprint density at radius 3 is 2.56 bits per heavy atom. The van der Waals surface area contributed by atoms with Crippen molar-refractivity contribution in [2.75, 3.05) is 5.32 Å². The molecule has 0 radical (unpaired) electrons. The normalized spacial score (nSPS) is 24.4. The molecule has 1 saturated carbocycles. The van der Waals surface area contributed by atoms with Crippen LogP contribution in [-0.2, 0) is 4.79 Å². The number of anilines is 1. The predicted molar refractivity (Wildman–Crippen MR) is 73.1 cm³/mol. The number of hydrogen-bond acceptors (Lipinski definition) is 2. The summed E-state index contributed by atoms with van der Waals surface area (Å²) < 4.78 is 1.16. The Labute approximate surface area is 109 Å². The number of benzene rings is 1. The first-order valence-electron chi connectivity index (χ1n) is 5.49. The van der Waals surface area contributed by atoms with E-state index in [0.717, 1.165) is 28.5 Å². The first-order valence-corrected chi connectivity index (χ1v) is 6.57. The molecule has 0 spiro atoms. The fourth-order valence-electron chi connectivity index (χ4n) is 2.08. The molecule has 3 nitrogen and oxygen atoms in total. The van der Waals surface area contributed by atoms with Gasteiger partial charge < -0.3 is 11.1 Å². The predicted octanol–water partition coefficient (Wildman–Crippen LogP) is 2.36. The molecule has 1 amide bonds. The fourth-order valence-corrected chi connectivity index (χ4v) is 2.44. The number of amides is 1. The molecule has 0 aliphatic heterocycles. The van der Waals surface area contributed by atoms with Crippen LogP contribution in [0.2, 0.25) is 0 Å². The van der Waals surface area contributed by atoms with Gasteiger partial charge in [0.15, 0.2) is 0 Å². The molecule has 1 fully saturated rings. The van der Waals surface area contributed by atoms with Crippen LogP contribution >= 0.6 is 22.6 Å². The van der Waals surface area contributed by atoms with Gasteiger partial charge in [-0.2, -0.15) is 0 Å². The van der Waals surface area contributed by atoms with Crippen LogP contribution in [0.25, 0.3) is 0 Å². The molecular formula is C12H15IN2O. The van der Waals surface area contributed by atoms with Gasteiger partial charge in [0, 0.05) is 15.3 Å². The monoisotopic (exact) mass is 330 g/mol. The summed E-state index contributed by atoms with van der Waals surface area (Å²) in [6.07, 6.45) is 2.94. The van der Waals surface area contributed by atoms with E-state index < -0.39 is 0 Å². The fraction of sp³-hybridized carbons (Fsp3) is 0.417. The second-order valence-electron chi connectivity index (χ2n) is 4.20. The summed E-state index contributed by atoms with van der Waals surface area (Å²) in [7, 11) is 0. The third-order valence-corrected chi connectivity index (χ3v) is 3.74. The van der Waals surface area contributed by atoms with Gasteiger partial charge in [-0.15, -0.1) is 0 Å². The highest BCUT2D eigenvalue weighted by Gasteiger charge is 2.30. The van der Waals surface area contributed by atoms with E-state index in [9.17, 15) is 4.79 Å². The summed E-state index contributed by atoms with van der Waals surface area (Å²) in [6.45, 7) is 0. The highest BCUT2D eigenvalue weighted by molar-refractivity contribution is 14.1. The lowest BCUT2D eigenvalue weighted by Gasteiger charge is -2.15. The van der Waals surface area contributed by atoms with E-state index in [2.05, 4.69) is 27.9 Å². The van der Waals surface area contributed by atoms with Gasteiger partial charge in [0.25, 0.3) is 0 Å². The van der Waals surface area contributed by atoms with Crippen molar-refractivity contribution in [2.24, 2.45) is 11.7 Å². The van der Waals surface area contributed by atoms with E-state index in [0.29, 0.717) is 0 Å². The Bertz CT molecular complexity index is 377. The first-order chi connectivity index (χ1) is 7.66. The van der Waals surface area contributed by atoms with Gasteiger partial charge in [-0.3, -0.25) is 4.79 Å². The van der Waals surface area contributed by atoms with Crippen LogP contribution in [0.15, 0.2) is 24.3 Å². The summed E-state index contributed by atoms with van der Waals surface area (Å²) in [5.74, 6) is 0.0467. The second-order valence-corrected chi connectivity index (χ2v) is 5.44. The lowest BCUT2D eigenvalue weighted by molar-refractivity contribution is -0.120. The number of carbonyl (C=O) groups is 1. The van der Waals surface area contributed by atoms with Gasteiger partial charge in [-0.25, -0.2) is 0 Å². The van der Waals surface area contributed by atoms with Gasteiger partial charge in [0.05, 0.1) is 5.92 Å². The van der Waals surface area contributed by atoms with Gasteiger partial charge in [-0.1, -0.05) is 6.42 Å². The van der Waals surface area contributed by atoms with Crippen molar-refractivity contribution < 1.29 is 4.79 Å². The Hall–Kier alpha value is -0.620. The van der Waals surface area contributed by atoms with Gasteiger partial charge in [0.2, 0.25) is 5.91 Å². The first kappa shape index (κ1) is 11.9. The Balaban J connectivity index is 1.99. The van der Waals surface area contributed by atoms with Crippen molar-refractivity contribution in [2.45, 2.75) is 25.3 Å². The summed E-state index contributed by atoms with van der Waals surface area (Å²) in [5.41, 5.74) is 6.75. The molecule has 3 N–H and O–H groups in total. The SMILES string of the molecule is NC1CCCC1C(=O)Nc1ccc(I)cc1. The number of nitrogens with two attached hydrogens (primary N) is 1. The maximum absolute atomic E-state index is 11.9. The molecule has 0 aromatic heterocycles. The average molecular weight is 330 g/mol. The minimum Gasteiger partial charge on any atom is -0.327 e. The smallest absolute Gasteiger partial charge is 0.229 e. The summed E-state index contributed by atoms with van der Waals surface area (Å²) >= 11 is 2.24. The molecule has 2 unspecified atom stereocenters. The Kier molecular flexibility index (Phi) is 3.81. The van der Waals surface area contributed by atoms with Gasteiger partial charge in [-0.05, 0) is 59.7 Å². The van der Waals surface area contributed by atoms with Crippen LogP contribution in [0.5, 0.6) is 0 Å². The molecule has 2 atom stereocenters. The maximum atomic E-state index is 11.9. The quantitative estimate of drug-likeness (QED) is 0.818. The van der Waals surface area contributed by atoms with Crippen LogP contribution in [0, 0.1) is 9.49 Å². The third kappa shape index (κ3) is 2.74. The van der Waals surface area contributed by atoms with Crippen LogP contribution < -0.4 is 11.1 Å². The molecule has 1 aromatic carbocycles. The second kappa shape index (κ2) is 5.14. The number of carbonyl (C=O) groups excluding carboxylic acids is 1. The molecule has 1 aliphatic carbocycles. The van der Waals surface area contributed by atoms with Crippen molar-refractivity contribution in [1.29, 1.82) is 0 Å². The zero-order valence-corrected chi connectivity index (χ0v) is 11.1. The third-order valence-electron chi connectivity index (χ3n) is 3.02.